The molecular weight excluding hydrogens is 288 g/mol. The van der Waals surface area contributed by atoms with E-state index in [1.165, 1.54) is 24.8 Å². The van der Waals surface area contributed by atoms with E-state index >= 15 is 0 Å². The summed E-state index contributed by atoms with van der Waals surface area (Å²) in [7, 11) is 5.65. The second-order valence-electron chi connectivity index (χ2n) is 6.68. The van der Waals surface area contributed by atoms with Gasteiger partial charge in [-0.1, -0.05) is 31.4 Å². The highest BCUT2D eigenvalue weighted by molar-refractivity contribution is 5.81. The number of ether oxygens (including phenoxy) is 1. The van der Waals surface area contributed by atoms with E-state index in [-0.39, 0.29) is 11.9 Å². The minimum atomic E-state index is -0.107. The molecule has 1 atom stereocenters. The van der Waals surface area contributed by atoms with Crippen LogP contribution in [0.15, 0.2) is 24.3 Å². The van der Waals surface area contributed by atoms with E-state index in [2.05, 4.69) is 17.0 Å². The molecule has 1 saturated carbocycles. The predicted molar refractivity (Wildman–Crippen MR) is 93.6 cm³/mol. The van der Waals surface area contributed by atoms with Crippen LogP contribution >= 0.6 is 0 Å². The fraction of sp³-hybridized carbons (Fsp3) is 0.632. The molecule has 4 heteroatoms. The average molecular weight is 318 g/mol. The van der Waals surface area contributed by atoms with Crippen molar-refractivity contribution in [2.24, 2.45) is 0 Å². The molecule has 1 aromatic rings. The Bertz CT molecular complexity index is 495. The molecule has 23 heavy (non-hydrogen) atoms. The lowest BCUT2D eigenvalue weighted by atomic mass is 9.94. The number of benzene rings is 1. The molecule has 2 rings (SSSR count). The van der Waals surface area contributed by atoms with Crippen molar-refractivity contribution < 1.29 is 9.53 Å². The number of hydrogen-bond donors (Lipinski definition) is 0. The quantitative estimate of drug-likeness (QED) is 0.807. The Morgan fingerprint density at radius 3 is 2.35 bits per heavy atom. The standard InChI is InChI=1S/C19H30N2O2/c1-15(19(22)21(3)17-8-6-5-7-9-17)20(2)14-16-10-12-18(23-4)13-11-16/h10-13,15,17H,5-9,14H2,1-4H3. The van der Waals surface area contributed by atoms with Crippen LogP contribution in [0.25, 0.3) is 0 Å². The minimum absolute atomic E-state index is 0.107. The van der Waals surface area contributed by atoms with Gasteiger partial charge in [-0.05, 0) is 44.5 Å². The van der Waals surface area contributed by atoms with Crippen LogP contribution in [0.3, 0.4) is 0 Å². The van der Waals surface area contributed by atoms with Gasteiger partial charge >= 0.3 is 0 Å². The van der Waals surface area contributed by atoms with Gasteiger partial charge in [0.1, 0.15) is 5.75 Å². The lowest BCUT2D eigenvalue weighted by Crippen LogP contribution is -2.48. The zero-order valence-corrected chi connectivity index (χ0v) is 14.9. The summed E-state index contributed by atoms with van der Waals surface area (Å²) in [6.07, 6.45) is 6.11. The molecule has 1 aliphatic carbocycles. The van der Waals surface area contributed by atoms with Crippen LogP contribution in [0.1, 0.15) is 44.6 Å². The Morgan fingerprint density at radius 1 is 1.17 bits per heavy atom. The third kappa shape index (κ3) is 4.71. The van der Waals surface area contributed by atoms with Crippen LogP contribution in [-0.4, -0.2) is 49.0 Å². The number of amides is 1. The zero-order chi connectivity index (χ0) is 16.8. The smallest absolute Gasteiger partial charge is 0.239 e. The Kier molecular flexibility index (Phi) is 6.46. The van der Waals surface area contributed by atoms with Gasteiger partial charge in [-0.25, -0.2) is 0 Å². The number of carbonyl (C=O) groups is 1. The van der Waals surface area contributed by atoms with Gasteiger partial charge in [0.25, 0.3) is 0 Å². The van der Waals surface area contributed by atoms with E-state index in [4.69, 9.17) is 4.74 Å². The largest absolute Gasteiger partial charge is 0.497 e. The van der Waals surface area contributed by atoms with Crippen LogP contribution in [0.4, 0.5) is 0 Å². The molecule has 0 aromatic heterocycles. The van der Waals surface area contributed by atoms with Crippen LogP contribution in [-0.2, 0) is 11.3 Å². The van der Waals surface area contributed by atoms with Crippen molar-refractivity contribution in [1.29, 1.82) is 0 Å². The van der Waals surface area contributed by atoms with E-state index in [9.17, 15) is 4.79 Å². The highest BCUT2D eigenvalue weighted by Gasteiger charge is 2.27. The summed E-state index contributed by atoms with van der Waals surface area (Å²) >= 11 is 0. The van der Waals surface area contributed by atoms with Gasteiger partial charge in [0.2, 0.25) is 5.91 Å². The molecule has 1 aromatic carbocycles. The fourth-order valence-corrected chi connectivity index (χ4v) is 3.29. The molecule has 128 valence electrons. The van der Waals surface area contributed by atoms with Gasteiger partial charge in [-0.2, -0.15) is 0 Å². The molecule has 0 bridgehead atoms. The van der Waals surface area contributed by atoms with E-state index in [1.807, 2.05) is 38.1 Å². The van der Waals surface area contributed by atoms with Gasteiger partial charge in [0.15, 0.2) is 0 Å². The first kappa shape index (κ1) is 17.8. The third-order valence-electron chi connectivity index (χ3n) is 5.08. The lowest BCUT2D eigenvalue weighted by molar-refractivity contribution is -0.137. The van der Waals surface area contributed by atoms with Crippen molar-refractivity contribution in [1.82, 2.24) is 9.80 Å². The average Bonchev–Trinajstić information content (AvgIpc) is 2.61. The van der Waals surface area contributed by atoms with Crippen molar-refractivity contribution >= 4 is 5.91 Å². The molecule has 1 aliphatic rings. The Balaban J connectivity index is 1.91. The number of carbonyl (C=O) groups excluding carboxylic acids is 1. The van der Waals surface area contributed by atoms with Crippen molar-refractivity contribution in [3.63, 3.8) is 0 Å². The number of nitrogens with zero attached hydrogens (tertiary/aromatic N) is 2. The maximum Gasteiger partial charge on any atom is 0.239 e. The molecule has 0 N–H and O–H groups in total. The normalized spacial score (nSPS) is 17.1. The summed E-state index contributed by atoms with van der Waals surface area (Å²) in [5.41, 5.74) is 1.19. The summed E-state index contributed by atoms with van der Waals surface area (Å²) in [6, 6.07) is 8.35. The summed E-state index contributed by atoms with van der Waals surface area (Å²) in [5, 5.41) is 0. The molecule has 1 amide bonds. The highest BCUT2D eigenvalue weighted by Crippen LogP contribution is 2.22. The van der Waals surface area contributed by atoms with Gasteiger partial charge < -0.3 is 9.64 Å². The topological polar surface area (TPSA) is 32.8 Å². The maximum absolute atomic E-state index is 12.7. The Hall–Kier alpha value is -1.55. The second kappa shape index (κ2) is 8.34. The Labute approximate surface area is 140 Å². The van der Waals surface area contributed by atoms with Crippen molar-refractivity contribution in [2.75, 3.05) is 21.2 Å². The molecule has 0 spiro atoms. The van der Waals surface area contributed by atoms with Gasteiger partial charge in [0.05, 0.1) is 13.2 Å². The minimum Gasteiger partial charge on any atom is -0.497 e. The summed E-state index contributed by atoms with van der Waals surface area (Å²) < 4.78 is 5.18. The molecule has 0 aliphatic heterocycles. The van der Waals surface area contributed by atoms with E-state index in [0.29, 0.717) is 6.04 Å². The van der Waals surface area contributed by atoms with Gasteiger partial charge in [-0.3, -0.25) is 9.69 Å². The van der Waals surface area contributed by atoms with Crippen LogP contribution in [0.2, 0.25) is 0 Å². The first-order chi connectivity index (χ1) is 11.0. The number of methoxy groups -OCH3 is 1. The molecule has 4 nitrogen and oxygen atoms in total. The van der Waals surface area contributed by atoms with Crippen molar-refractivity contribution in [3.05, 3.63) is 29.8 Å². The third-order valence-corrected chi connectivity index (χ3v) is 5.08. The first-order valence-electron chi connectivity index (χ1n) is 8.62. The summed E-state index contributed by atoms with van der Waals surface area (Å²) in [4.78, 5) is 16.8. The summed E-state index contributed by atoms with van der Waals surface area (Å²) in [6.45, 7) is 2.76. The van der Waals surface area contributed by atoms with Crippen molar-refractivity contribution in [3.8, 4) is 5.75 Å². The van der Waals surface area contributed by atoms with Crippen LogP contribution in [0.5, 0.6) is 5.75 Å². The Morgan fingerprint density at radius 2 is 1.78 bits per heavy atom. The summed E-state index contributed by atoms with van der Waals surface area (Å²) in [5.74, 6) is 1.09. The maximum atomic E-state index is 12.7. The number of likely N-dealkylation sites (N-methyl/N-ethyl adjacent to an activating group) is 2. The second-order valence-corrected chi connectivity index (χ2v) is 6.68. The van der Waals surface area contributed by atoms with Crippen molar-refractivity contribution in [2.45, 2.75) is 57.7 Å². The fourth-order valence-electron chi connectivity index (χ4n) is 3.29. The predicted octanol–water partition coefficient (Wildman–Crippen LogP) is 3.31. The van der Waals surface area contributed by atoms with Crippen LogP contribution in [0, 0.1) is 0 Å². The highest BCUT2D eigenvalue weighted by atomic mass is 16.5. The molecule has 0 saturated heterocycles. The monoisotopic (exact) mass is 318 g/mol. The van der Waals surface area contributed by atoms with E-state index in [0.717, 1.165) is 25.1 Å². The number of hydrogen-bond acceptors (Lipinski definition) is 3. The van der Waals surface area contributed by atoms with Crippen LogP contribution < -0.4 is 4.74 Å². The first-order valence-corrected chi connectivity index (χ1v) is 8.62. The van der Waals surface area contributed by atoms with Gasteiger partial charge in [0, 0.05) is 19.6 Å². The SMILES string of the molecule is COc1ccc(CN(C)C(C)C(=O)N(C)C2CCCCC2)cc1. The zero-order valence-electron chi connectivity index (χ0n) is 14.9. The molecular formula is C19H30N2O2. The lowest BCUT2D eigenvalue weighted by Gasteiger charge is -2.35. The van der Waals surface area contributed by atoms with Gasteiger partial charge in [-0.15, -0.1) is 0 Å². The van der Waals surface area contributed by atoms with E-state index in [1.54, 1.807) is 7.11 Å². The molecule has 0 heterocycles. The molecule has 0 radical (unpaired) electrons. The van der Waals surface area contributed by atoms with E-state index < -0.39 is 0 Å². The molecule has 1 fully saturated rings. The number of rotatable bonds is 6. The molecule has 1 unspecified atom stereocenters.